The zero-order valence-electron chi connectivity index (χ0n) is 11.6. The summed E-state index contributed by atoms with van der Waals surface area (Å²) in [6, 6.07) is 9.82. The van der Waals surface area contributed by atoms with Gasteiger partial charge >= 0.3 is 0 Å². The molecule has 2 N–H and O–H groups in total. The van der Waals surface area contributed by atoms with Gasteiger partial charge in [0.2, 0.25) is 5.88 Å². The number of pyridine rings is 1. The van der Waals surface area contributed by atoms with Gasteiger partial charge in [0.1, 0.15) is 5.75 Å². The lowest BCUT2D eigenvalue weighted by Gasteiger charge is -2.15. The van der Waals surface area contributed by atoms with E-state index in [1.54, 1.807) is 6.20 Å². The minimum absolute atomic E-state index is 0.419. The highest BCUT2D eigenvalue weighted by atomic mass is 16.5. The lowest BCUT2D eigenvalue weighted by molar-refractivity contribution is 0.455. The highest BCUT2D eigenvalue weighted by Crippen LogP contribution is 2.27. The van der Waals surface area contributed by atoms with Crippen LogP contribution in [-0.2, 0) is 6.54 Å². The smallest absolute Gasteiger partial charge is 0.223 e. The first-order valence-corrected chi connectivity index (χ1v) is 6.21. The molecule has 0 radical (unpaired) electrons. The van der Waals surface area contributed by atoms with Crippen molar-refractivity contribution in [1.29, 1.82) is 0 Å². The third-order valence-corrected chi connectivity index (χ3v) is 3.00. The lowest BCUT2D eigenvalue weighted by Crippen LogP contribution is -2.08. The summed E-state index contributed by atoms with van der Waals surface area (Å²) in [7, 11) is 3.99. The third kappa shape index (κ3) is 3.03. The standard InChI is InChI=1S/C15H19N3O/c1-11-7-8-17-15(14(11)10-16)19-13-6-4-5-12(9-13)18(2)3/h4-9H,10,16H2,1-3H3. The van der Waals surface area contributed by atoms with Gasteiger partial charge in [-0.25, -0.2) is 4.98 Å². The number of anilines is 1. The summed E-state index contributed by atoms with van der Waals surface area (Å²) in [4.78, 5) is 6.29. The molecule has 0 atom stereocenters. The van der Waals surface area contributed by atoms with Gasteiger partial charge in [0.15, 0.2) is 0 Å². The third-order valence-electron chi connectivity index (χ3n) is 3.00. The van der Waals surface area contributed by atoms with Gasteiger partial charge in [-0.15, -0.1) is 0 Å². The van der Waals surface area contributed by atoms with E-state index in [9.17, 15) is 0 Å². The summed E-state index contributed by atoms with van der Waals surface area (Å²) in [5.41, 5.74) is 8.87. The molecule has 0 fully saturated rings. The fourth-order valence-corrected chi connectivity index (χ4v) is 1.84. The Morgan fingerprint density at radius 3 is 2.74 bits per heavy atom. The summed E-state index contributed by atoms with van der Waals surface area (Å²) in [6.07, 6.45) is 1.74. The summed E-state index contributed by atoms with van der Waals surface area (Å²) in [5, 5.41) is 0. The van der Waals surface area contributed by atoms with Crippen LogP contribution in [0.2, 0.25) is 0 Å². The molecule has 4 heteroatoms. The van der Waals surface area contributed by atoms with E-state index in [0.29, 0.717) is 12.4 Å². The molecule has 0 saturated heterocycles. The second kappa shape index (κ2) is 5.71. The summed E-state index contributed by atoms with van der Waals surface area (Å²) < 4.78 is 5.85. The van der Waals surface area contributed by atoms with Crippen LogP contribution in [0.3, 0.4) is 0 Å². The highest BCUT2D eigenvalue weighted by molar-refractivity contribution is 5.50. The Labute approximate surface area is 113 Å². The van der Waals surface area contributed by atoms with Crippen molar-refractivity contribution >= 4 is 5.69 Å². The predicted molar refractivity (Wildman–Crippen MR) is 77.7 cm³/mol. The monoisotopic (exact) mass is 257 g/mol. The highest BCUT2D eigenvalue weighted by Gasteiger charge is 2.08. The number of rotatable bonds is 4. The molecule has 19 heavy (non-hydrogen) atoms. The van der Waals surface area contributed by atoms with Crippen molar-refractivity contribution in [2.45, 2.75) is 13.5 Å². The second-order valence-corrected chi connectivity index (χ2v) is 4.61. The van der Waals surface area contributed by atoms with Crippen LogP contribution < -0.4 is 15.4 Å². The molecule has 1 aromatic heterocycles. The van der Waals surface area contributed by atoms with Gasteiger partial charge in [0.25, 0.3) is 0 Å². The van der Waals surface area contributed by atoms with Crippen molar-refractivity contribution in [3.05, 3.63) is 47.7 Å². The SMILES string of the molecule is Cc1ccnc(Oc2cccc(N(C)C)c2)c1CN. The van der Waals surface area contributed by atoms with Gasteiger partial charge < -0.3 is 15.4 Å². The van der Waals surface area contributed by atoms with Crippen molar-refractivity contribution < 1.29 is 4.74 Å². The first-order chi connectivity index (χ1) is 9.11. The molecule has 0 aliphatic rings. The van der Waals surface area contributed by atoms with Crippen LogP contribution in [0.1, 0.15) is 11.1 Å². The molecule has 0 spiro atoms. The first-order valence-electron chi connectivity index (χ1n) is 6.21. The van der Waals surface area contributed by atoms with E-state index < -0.39 is 0 Å². The molecular weight excluding hydrogens is 238 g/mol. The maximum atomic E-state index is 5.85. The molecule has 0 aliphatic heterocycles. The van der Waals surface area contributed by atoms with Crippen LogP contribution in [-0.4, -0.2) is 19.1 Å². The van der Waals surface area contributed by atoms with Gasteiger partial charge in [-0.2, -0.15) is 0 Å². The van der Waals surface area contributed by atoms with Crippen molar-refractivity contribution in [3.63, 3.8) is 0 Å². The Morgan fingerprint density at radius 1 is 1.26 bits per heavy atom. The minimum atomic E-state index is 0.419. The van der Waals surface area contributed by atoms with E-state index in [1.165, 1.54) is 0 Å². The topological polar surface area (TPSA) is 51.4 Å². The number of hydrogen-bond acceptors (Lipinski definition) is 4. The Morgan fingerprint density at radius 2 is 2.05 bits per heavy atom. The summed E-state index contributed by atoms with van der Waals surface area (Å²) >= 11 is 0. The van der Waals surface area contributed by atoms with Crippen LogP contribution in [0.5, 0.6) is 11.6 Å². The fraction of sp³-hybridized carbons (Fsp3) is 0.267. The number of aromatic nitrogens is 1. The number of benzene rings is 1. The number of hydrogen-bond donors (Lipinski definition) is 1. The van der Waals surface area contributed by atoms with Crippen molar-refractivity contribution in [3.8, 4) is 11.6 Å². The Kier molecular flexibility index (Phi) is 4.02. The molecule has 2 rings (SSSR count). The quantitative estimate of drug-likeness (QED) is 0.915. The van der Waals surface area contributed by atoms with E-state index in [2.05, 4.69) is 4.98 Å². The molecule has 0 aliphatic carbocycles. The van der Waals surface area contributed by atoms with Crippen LogP contribution in [0, 0.1) is 6.92 Å². The second-order valence-electron chi connectivity index (χ2n) is 4.61. The molecule has 0 unspecified atom stereocenters. The van der Waals surface area contributed by atoms with Crippen molar-refractivity contribution in [1.82, 2.24) is 4.98 Å². The van der Waals surface area contributed by atoms with Gasteiger partial charge in [-0.05, 0) is 30.7 Å². The van der Waals surface area contributed by atoms with Crippen molar-refractivity contribution in [2.24, 2.45) is 5.73 Å². The summed E-state index contributed by atoms with van der Waals surface area (Å²) in [5.74, 6) is 1.34. The van der Waals surface area contributed by atoms with Gasteiger partial charge in [-0.3, -0.25) is 0 Å². The maximum absolute atomic E-state index is 5.85. The molecular formula is C15H19N3O. The normalized spacial score (nSPS) is 10.3. The number of nitrogens with zero attached hydrogens (tertiary/aromatic N) is 2. The van der Waals surface area contributed by atoms with Crippen LogP contribution in [0.4, 0.5) is 5.69 Å². The Bertz CT molecular complexity index is 567. The molecule has 1 heterocycles. The van der Waals surface area contributed by atoms with Gasteiger partial charge in [-0.1, -0.05) is 6.07 Å². The van der Waals surface area contributed by atoms with E-state index in [1.807, 2.05) is 56.3 Å². The van der Waals surface area contributed by atoms with Crippen molar-refractivity contribution in [2.75, 3.05) is 19.0 Å². The minimum Gasteiger partial charge on any atom is -0.439 e. The zero-order chi connectivity index (χ0) is 13.8. The van der Waals surface area contributed by atoms with Crippen LogP contribution in [0.25, 0.3) is 0 Å². The molecule has 0 saturated carbocycles. The van der Waals surface area contributed by atoms with Gasteiger partial charge in [0, 0.05) is 44.2 Å². The van der Waals surface area contributed by atoms with E-state index in [-0.39, 0.29) is 0 Å². The molecule has 2 aromatic rings. The predicted octanol–water partition coefficient (Wildman–Crippen LogP) is 2.71. The largest absolute Gasteiger partial charge is 0.439 e. The zero-order valence-corrected chi connectivity index (χ0v) is 11.6. The van der Waals surface area contributed by atoms with E-state index in [0.717, 1.165) is 22.6 Å². The lowest BCUT2D eigenvalue weighted by atomic mass is 10.1. The molecule has 0 amide bonds. The number of ether oxygens (including phenoxy) is 1. The molecule has 100 valence electrons. The molecule has 4 nitrogen and oxygen atoms in total. The molecule has 1 aromatic carbocycles. The maximum Gasteiger partial charge on any atom is 0.223 e. The summed E-state index contributed by atoms with van der Waals surface area (Å²) in [6.45, 7) is 2.43. The Balaban J connectivity index is 2.31. The number of aryl methyl sites for hydroxylation is 1. The van der Waals surface area contributed by atoms with E-state index >= 15 is 0 Å². The molecule has 0 bridgehead atoms. The van der Waals surface area contributed by atoms with Crippen LogP contribution >= 0.6 is 0 Å². The fourth-order valence-electron chi connectivity index (χ4n) is 1.84. The van der Waals surface area contributed by atoms with Gasteiger partial charge in [0.05, 0.1) is 0 Å². The van der Waals surface area contributed by atoms with E-state index in [4.69, 9.17) is 10.5 Å². The van der Waals surface area contributed by atoms with Crippen LogP contribution in [0.15, 0.2) is 36.5 Å². The average Bonchev–Trinajstić information content (AvgIpc) is 2.39. The first kappa shape index (κ1) is 13.4. The Hall–Kier alpha value is -2.07. The number of nitrogens with two attached hydrogens (primary N) is 1. The average molecular weight is 257 g/mol.